The molecule has 19 heavy (non-hydrogen) atoms. The SMILES string of the molecule is CN1C2CCCC1CC(NC(=O)C1CCCNC1)C2. The molecule has 3 unspecified atom stereocenters. The van der Waals surface area contributed by atoms with Crippen molar-refractivity contribution >= 4 is 5.91 Å². The molecule has 0 radical (unpaired) electrons. The van der Waals surface area contributed by atoms with Crippen molar-refractivity contribution in [3.8, 4) is 0 Å². The lowest BCUT2D eigenvalue weighted by atomic mass is 9.82. The molecule has 0 aromatic rings. The number of nitrogens with one attached hydrogen (secondary N) is 2. The molecule has 0 aliphatic carbocycles. The summed E-state index contributed by atoms with van der Waals surface area (Å²) in [6, 6.07) is 1.81. The second kappa shape index (κ2) is 5.80. The van der Waals surface area contributed by atoms with Crippen LogP contribution in [0, 0.1) is 5.92 Å². The molecule has 108 valence electrons. The third-order valence-electron chi connectivity index (χ3n) is 5.35. The number of rotatable bonds is 2. The molecule has 4 heteroatoms. The van der Waals surface area contributed by atoms with Gasteiger partial charge < -0.3 is 15.5 Å². The maximum absolute atomic E-state index is 12.3. The fourth-order valence-electron chi connectivity index (χ4n) is 4.13. The fourth-order valence-corrected chi connectivity index (χ4v) is 4.13. The standard InChI is InChI=1S/C15H27N3O/c1-18-13-5-2-6-14(18)9-12(8-13)17-15(19)11-4-3-7-16-10-11/h11-14,16H,2-10H2,1H3,(H,17,19). The van der Waals surface area contributed by atoms with Gasteiger partial charge in [-0.2, -0.15) is 0 Å². The van der Waals surface area contributed by atoms with Gasteiger partial charge in [-0.1, -0.05) is 6.42 Å². The minimum Gasteiger partial charge on any atom is -0.353 e. The van der Waals surface area contributed by atoms with Crippen LogP contribution in [0.2, 0.25) is 0 Å². The second-order valence-corrected chi connectivity index (χ2v) is 6.62. The van der Waals surface area contributed by atoms with Crippen molar-refractivity contribution in [2.24, 2.45) is 5.92 Å². The van der Waals surface area contributed by atoms with Crippen LogP contribution >= 0.6 is 0 Å². The van der Waals surface area contributed by atoms with E-state index in [0.29, 0.717) is 24.0 Å². The van der Waals surface area contributed by atoms with Gasteiger partial charge >= 0.3 is 0 Å². The summed E-state index contributed by atoms with van der Waals surface area (Å²) in [6.45, 7) is 1.94. The Hall–Kier alpha value is -0.610. The van der Waals surface area contributed by atoms with E-state index in [0.717, 1.165) is 38.8 Å². The van der Waals surface area contributed by atoms with Crippen LogP contribution in [-0.2, 0) is 4.79 Å². The number of hydrogen-bond donors (Lipinski definition) is 2. The summed E-state index contributed by atoms with van der Waals surface area (Å²) in [5.41, 5.74) is 0. The first-order chi connectivity index (χ1) is 9.24. The van der Waals surface area contributed by atoms with Crippen LogP contribution in [0.15, 0.2) is 0 Å². The first kappa shape index (κ1) is 13.4. The van der Waals surface area contributed by atoms with Crippen molar-refractivity contribution in [1.29, 1.82) is 0 Å². The van der Waals surface area contributed by atoms with Crippen LogP contribution in [0.4, 0.5) is 0 Å². The lowest BCUT2D eigenvalue weighted by Crippen LogP contribution is -2.56. The molecule has 0 spiro atoms. The molecule has 4 nitrogen and oxygen atoms in total. The van der Waals surface area contributed by atoms with E-state index < -0.39 is 0 Å². The number of nitrogens with zero attached hydrogens (tertiary/aromatic N) is 1. The Morgan fingerprint density at radius 2 is 1.89 bits per heavy atom. The number of carbonyl (C=O) groups is 1. The minimum absolute atomic E-state index is 0.202. The van der Waals surface area contributed by atoms with Crippen LogP contribution in [-0.4, -0.2) is 49.1 Å². The number of piperidine rings is 3. The zero-order chi connectivity index (χ0) is 13.2. The van der Waals surface area contributed by atoms with E-state index in [4.69, 9.17) is 0 Å². The third-order valence-corrected chi connectivity index (χ3v) is 5.35. The molecule has 3 aliphatic rings. The van der Waals surface area contributed by atoms with Gasteiger partial charge in [0, 0.05) is 24.7 Å². The zero-order valence-corrected chi connectivity index (χ0v) is 12.0. The van der Waals surface area contributed by atoms with Crippen LogP contribution < -0.4 is 10.6 Å². The Morgan fingerprint density at radius 1 is 1.16 bits per heavy atom. The minimum atomic E-state index is 0.202. The van der Waals surface area contributed by atoms with Crippen molar-refractivity contribution in [2.75, 3.05) is 20.1 Å². The Labute approximate surface area is 116 Å². The highest BCUT2D eigenvalue weighted by Gasteiger charge is 2.37. The van der Waals surface area contributed by atoms with Gasteiger partial charge in [-0.25, -0.2) is 0 Å². The van der Waals surface area contributed by atoms with Gasteiger partial charge in [0.2, 0.25) is 5.91 Å². The molecule has 2 N–H and O–H groups in total. The lowest BCUT2D eigenvalue weighted by molar-refractivity contribution is -0.127. The van der Waals surface area contributed by atoms with E-state index in [-0.39, 0.29) is 5.92 Å². The van der Waals surface area contributed by atoms with Gasteiger partial charge in [0.1, 0.15) is 0 Å². The maximum atomic E-state index is 12.3. The monoisotopic (exact) mass is 265 g/mol. The van der Waals surface area contributed by atoms with Crippen molar-refractivity contribution in [2.45, 2.75) is 63.1 Å². The normalized spacial score (nSPS) is 39.8. The average molecular weight is 265 g/mol. The third kappa shape index (κ3) is 2.95. The van der Waals surface area contributed by atoms with Gasteiger partial charge in [-0.15, -0.1) is 0 Å². The van der Waals surface area contributed by atoms with Gasteiger partial charge in [0.15, 0.2) is 0 Å². The molecule has 3 rings (SSSR count). The van der Waals surface area contributed by atoms with E-state index in [9.17, 15) is 4.79 Å². The van der Waals surface area contributed by atoms with E-state index in [1.165, 1.54) is 19.3 Å². The topological polar surface area (TPSA) is 44.4 Å². The van der Waals surface area contributed by atoms with E-state index in [2.05, 4.69) is 22.6 Å². The van der Waals surface area contributed by atoms with E-state index in [1.807, 2.05) is 0 Å². The van der Waals surface area contributed by atoms with E-state index >= 15 is 0 Å². The molecule has 3 atom stereocenters. The zero-order valence-electron chi connectivity index (χ0n) is 12.0. The summed E-state index contributed by atoms with van der Waals surface area (Å²) in [5, 5.41) is 6.66. The summed E-state index contributed by atoms with van der Waals surface area (Å²) in [7, 11) is 2.26. The molecule has 0 aromatic heterocycles. The van der Waals surface area contributed by atoms with Gasteiger partial charge in [-0.05, 0) is 52.1 Å². The predicted octanol–water partition coefficient (Wildman–Crippen LogP) is 1.12. The molecule has 3 saturated heterocycles. The fraction of sp³-hybridized carbons (Fsp3) is 0.933. The van der Waals surface area contributed by atoms with E-state index in [1.54, 1.807) is 0 Å². The van der Waals surface area contributed by atoms with Crippen molar-refractivity contribution in [3.63, 3.8) is 0 Å². The summed E-state index contributed by atoms with van der Waals surface area (Å²) < 4.78 is 0. The van der Waals surface area contributed by atoms with Crippen molar-refractivity contribution in [1.82, 2.24) is 15.5 Å². The average Bonchev–Trinajstić information content (AvgIpc) is 2.41. The Morgan fingerprint density at radius 3 is 2.53 bits per heavy atom. The molecule has 2 bridgehead atoms. The molecule has 1 amide bonds. The van der Waals surface area contributed by atoms with Crippen LogP contribution in [0.3, 0.4) is 0 Å². The molecule has 3 heterocycles. The van der Waals surface area contributed by atoms with Gasteiger partial charge in [0.05, 0.1) is 5.92 Å². The summed E-state index contributed by atoms with van der Waals surface area (Å²) >= 11 is 0. The van der Waals surface area contributed by atoms with Crippen LogP contribution in [0.5, 0.6) is 0 Å². The number of hydrogen-bond acceptors (Lipinski definition) is 3. The number of fused-ring (bicyclic) bond motifs is 2. The summed E-state index contributed by atoms with van der Waals surface area (Å²) in [5.74, 6) is 0.494. The first-order valence-electron chi connectivity index (χ1n) is 7.97. The Bertz CT molecular complexity index is 313. The maximum Gasteiger partial charge on any atom is 0.224 e. The second-order valence-electron chi connectivity index (χ2n) is 6.62. The highest BCUT2D eigenvalue weighted by atomic mass is 16.2. The Kier molecular flexibility index (Phi) is 4.08. The molecular formula is C15H27N3O. The van der Waals surface area contributed by atoms with Crippen molar-refractivity contribution in [3.05, 3.63) is 0 Å². The Balaban J connectivity index is 1.54. The number of carbonyl (C=O) groups excluding carboxylic acids is 1. The predicted molar refractivity (Wildman–Crippen MR) is 75.9 cm³/mol. The molecule has 0 saturated carbocycles. The smallest absolute Gasteiger partial charge is 0.224 e. The summed E-state index contributed by atoms with van der Waals surface area (Å²) in [6.07, 6.45) is 8.48. The molecule has 0 aromatic carbocycles. The van der Waals surface area contributed by atoms with Gasteiger partial charge in [-0.3, -0.25) is 4.79 Å². The highest BCUT2D eigenvalue weighted by Crippen LogP contribution is 2.32. The van der Waals surface area contributed by atoms with Gasteiger partial charge in [0.25, 0.3) is 0 Å². The first-order valence-corrected chi connectivity index (χ1v) is 7.97. The highest BCUT2D eigenvalue weighted by molar-refractivity contribution is 5.79. The quantitative estimate of drug-likeness (QED) is 0.786. The number of amides is 1. The largest absolute Gasteiger partial charge is 0.353 e. The molecule has 3 fully saturated rings. The lowest BCUT2D eigenvalue weighted by Gasteiger charge is -2.47. The van der Waals surface area contributed by atoms with Crippen LogP contribution in [0.25, 0.3) is 0 Å². The summed E-state index contributed by atoms with van der Waals surface area (Å²) in [4.78, 5) is 14.9. The van der Waals surface area contributed by atoms with Crippen molar-refractivity contribution < 1.29 is 4.79 Å². The molecular weight excluding hydrogens is 238 g/mol. The molecule has 3 aliphatic heterocycles. The van der Waals surface area contributed by atoms with Crippen LogP contribution in [0.1, 0.15) is 44.9 Å².